The molecule has 1 aliphatic heterocycles. The molecule has 2 rings (SSSR count). The highest BCUT2D eigenvalue weighted by Gasteiger charge is 2.19. The summed E-state index contributed by atoms with van der Waals surface area (Å²) in [5.74, 6) is 0.995. The summed E-state index contributed by atoms with van der Waals surface area (Å²) in [5.41, 5.74) is 0. The van der Waals surface area contributed by atoms with Gasteiger partial charge in [-0.2, -0.15) is 0 Å². The Labute approximate surface area is 63.4 Å². The van der Waals surface area contributed by atoms with Crippen molar-refractivity contribution in [3.05, 3.63) is 5.82 Å². The van der Waals surface area contributed by atoms with Gasteiger partial charge in [-0.1, -0.05) is 0 Å². The van der Waals surface area contributed by atoms with E-state index in [1.54, 1.807) is 4.68 Å². The quantitative estimate of drug-likeness (QED) is 0.506. The number of fused-ring (bicyclic) bond motifs is 1. The third-order valence-corrected chi connectivity index (χ3v) is 1.94. The van der Waals surface area contributed by atoms with Crippen LogP contribution in [0.25, 0.3) is 0 Å². The Morgan fingerprint density at radius 3 is 3.36 bits per heavy atom. The number of rotatable bonds is 1. The molecule has 1 aromatic heterocycles. The van der Waals surface area contributed by atoms with Crippen molar-refractivity contribution in [2.75, 3.05) is 0 Å². The molecule has 0 aliphatic carbocycles. The molecule has 0 N–H and O–H groups in total. The van der Waals surface area contributed by atoms with Crippen LogP contribution in [0.4, 0.5) is 0 Å². The molecule has 1 aromatic rings. The molecule has 0 fully saturated rings. The van der Waals surface area contributed by atoms with Gasteiger partial charge in [0.05, 0.1) is 6.54 Å². The highest BCUT2D eigenvalue weighted by Crippen LogP contribution is 2.14. The van der Waals surface area contributed by atoms with E-state index in [-0.39, 0.29) is 5.92 Å². The Balaban J connectivity index is 2.24. The minimum absolute atomic E-state index is 0.103. The molecule has 5 heteroatoms. The van der Waals surface area contributed by atoms with Gasteiger partial charge >= 0.3 is 0 Å². The first kappa shape index (κ1) is 6.45. The number of aldehydes is 1. The monoisotopic (exact) mass is 152 g/mol. The zero-order valence-corrected chi connectivity index (χ0v) is 5.97. The molecule has 0 aromatic carbocycles. The van der Waals surface area contributed by atoms with E-state index in [2.05, 4.69) is 15.5 Å². The molecule has 1 aliphatic rings. The fourth-order valence-electron chi connectivity index (χ4n) is 1.28. The normalized spacial score (nSPS) is 22.7. The van der Waals surface area contributed by atoms with Crippen LogP contribution in [-0.2, 0) is 17.8 Å². The maximum Gasteiger partial charge on any atom is 0.151 e. The predicted molar refractivity (Wildman–Crippen MR) is 35.7 cm³/mol. The van der Waals surface area contributed by atoms with Crippen LogP contribution in [0.3, 0.4) is 0 Å². The third kappa shape index (κ3) is 1.02. The van der Waals surface area contributed by atoms with E-state index in [1.165, 1.54) is 0 Å². The van der Waals surface area contributed by atoms with Crippen LogP contribution in [0.1, 0.15) is 12.2 Å². The Morgan fingerprint density at radius 1 is 1.64 bits per heavy atom. The number of nitrogens with zero attached hydrogens (tertiary/aromatic N) is 4. The summed E-state index contributed by atoms with van der Waals surface area (Å²) in [5, 5.41) is 11.1. The molecule has 0 spiro atoms. The molecule has 0 bridgehead atoms. The number of hydrogen-bond acceptors (Lipinski definition) is 4. The van der Waals surface area contributed by atoms with Gasteiger partial charge in [0.15, 0.2) is 5.82 Å². The van der Waals surface area contributed by atoms with Crippen molar-refractivity contribution in [1.29, 1.82) is 0 Å². The van der Waals surface area contributed by atoms with Crippen LogP contribution in [0.5, 0.6) is 0 Å². The molecule has 1 atom stereocenters. The fraction of sp³-hybridized carbons (Fsp3) is 0.667. The van der Waals surface area contributed by atoms with Crippen LogP contribution in [-0.4, -0.2) is 26.5 Å². The zero-order valence-electron chi connectivity index (χ0n) is 5.97. The molecular formula is C6H8N4O. The van der Waals surface area contributed by atoms with Crippen molar-refractivity contribution < 1.29 is 4.79 Å². The number of aryl methyl sites for hydroxylation is 1. The van der Waals surface area contributed by atoms with Crippen LogP contribution in [0.15, 0.2) is 0 Å². The number of carbonyl (C=O) groups is 1. The van der Waals surface area contributed by atoms with Gasteiger partial charge in [0.2, 0.25) is 0 Å². The molecule has 11 heavy (non-hydrogen) atoms. The van der Waals surface area contributed by atoms with E-state index < -0.39 is 0 Å². The van der Waals surface area contributed by atoms with Gasteiger partial charge in [-0.3, -0.25) is 0 Å². The predicted octanol–water partition coefficient (Wildman–Crippen LogP) is -0.566. The van der Waals surface area contributed by atoms with E-state index in [4.69, 9.17) is 0 Å². The van der Waals surface area contributed by atoms with Crippen LogP contribution >= 0.6 is 0 Å². The van der Waals surface area contributed by atoms with E-state index in [9.17, 15) is 4.79 Å². The maximum atomic E-state index is 10.4. The van der Waals surface area contributed by atoms with Gasteiger partial charge in [0, 0.05) is 12.3 Å². The van der Waals surface area contributed by atoms with Gasteiger partial charge in [0.25, 0.3) is 0 Å². The number of hydrogen-bond donors (Lipinski definition) is 0. The van der Waals surface area contributed by atoms with Gasteiger partial charge < -0.3 is 4.79 Å². The lowest BCUT2D eigenvalue weighted by atomic mass is 10.0. The van der Waals surface area contributed by atoms with Crippen molar-refractivity contribution in [2.45, 2.75) is 19.4 Å². The average molecular weight is 152 g/mol. The number of tetrazole rings is 1. The molecule has 0 radical (unpaired) electrons. The van der Waals surface area contributed by atoms with Crippen molar-refractivity contribution >= 4 is 6.29 Å². The van der Waals surface area contributed by atoms with Crippen LogP contribution in [0.2, 0.25) is 0 Å². The second-order valence-corrected chi connectivity index (χ2v) is 2.71. The summed E-state index contributed by atoms with van der Waals surface area (Å²) in [4.78, 5) is 10.4. The van der Waals surface area contributed by atoms with Crippen molar-refractivity contribution in [2.24, 2.45) is 5.92 Å². The van der Waals surface area contributed by atoms with Gasteiger partial charge in [0.1, 0.15) is 6.29 Å². The Morgan fingerprint density at radius 2 is 2.55 bits per heavy atom. The summed E-state index contributed by atoms with van der Waals surface area (Å²) < 4.78 is 1.70. The van der Waals surface area contributed by atoms with E-state index in [0.29, 0.717) is 6.54 Å². The molecule has 0 saturated carbocycles. The molecule has 2 heterocycles. The second-order valence-electron chi connectivity index (χ2n) is 2.71. The van der Waals surface area contributed by atoms with Gasteiger partial charge in [-0.15, -0.1) is 5.10 Å². The Hall–Kier alpha value is -1.26. The SMILES string of the molecule is O=CC1CCc2nnnn2C1. The van der Waals surface area contributed by atoms with E-state index >= 15 is 0 Å². The minimum Gasteiger partial charge on any atom is -0.303 e. The molecule has 58 valence electrons. The molecular weight excluding hydrogens is 144 g/mol. The maximum absolute atomic E-state index is 10.4. The van der Waals surface area contributed by atoms with Crippen molar-refractivity contribution in [1.82, 2.24) is 20.2 Å². The molecule has 0 saturated heterocycles. The number of aromatic nitrogens is 4. The lowest BCUT2D eigenvalue weighted by Gasteiger charge is -2.15. The summed E-state index contributed by atoms with van der Waals surface area (Å²) in [7, 11) is 0. The lowest BCUT2D eigenvalue weighted by molar-refractivity contribution is -0.111. The fourth-order valence-corrected chi connectivity index (χ4v) is 1.28. The highest BCUT2D eigenvalue weighted by atomic mass is 16.1. The molecule has 5 nitrogen and oxygen atoms in total. The standard InChI is InChI=1S/C6H8N4O/c11-4-5-1-2-6-7-8-9-10(6)3-5/h4-5H,1-3H2. The van der Waals surface area contributed by atoms with Crippen molar-refractivity contribution in [3.8, 4) is 0 Å². The summed E-state index contributed by atoms with van der Waals surface area (Å²) in [6.45, 7) is 0.645. The highest BCUT2D eigenvalue weighted by molar-refractivity contribution is 5.53. The second kappa shape index (κ2) is 2.41. The molecule has 0 amide bonds. The lowest BCUT2D eigenvalue weighted by Crippen LogP contribution is -2.22. The van der Waals surface area contributed by atoms with Crippen LogP contribution in [0, 0.1) is 5.92 Å². The largest absolute Gasteiger partial charge is 0.303 e. The average Bonchev–Trinajstić information content (AvgIpc) is 2.50. The zero-order chi connectivity index (χ0) is 7.68. The Bertz CT molecular complexity index is 269. The summed E-state index contributed by atoms with van der Waals surface area (Å²) >= 11 is 0. The van der Waals surface area contributed by atoms with E-state index in [0.717, 1.165) is 25.0 Å². The molecule has 1 unspecified atom stereocenters. The van der Waals surface area contributed by atoms with Gasteiger partial charge in [-0.25, -0.2) is 4.68 Å². The summed E-state index contributed by atoms with van der Waals surface area (Å²) in [6.07, 6.45) is 2.67. The van der Waals surface area contributed by atoms with E-state index in [1.807, 2.05) is 0 Å². The van der Waals surface area contributed by atoms with Crippen LogP contribution < -0.4 is 0 Å². The van der Waals surface area contributed by atoms with Crippen molar-refractivity contribution in [3.63, 3.8) is 0 Å². The topological polar surface area (TPSA) is 60.7 Å². The Kier molecular flexibility index (Phi) is 1.41. The first-order chi connectivity index (χ1) is 5.40. The number of carbonyl (C=O) groups excluding carboxylic acids is 1. The minimum atomic E-state index is 0.103. The third-order valence-electron chi connectivity index (χ3n) is 1.94. The summed E-state index contributed by atoms with van der Waals surface area (Å²) in [6, 6.07) is 0. The first-order valence-corrected chi connectivity index (χ1v) is 3.60. The van der Waals surface area contributed by atoms with Gasteiger partial charge in [-0.05, 0) is 16.8 Å². The smallest absolute Gasteiger partial charge is 0.151 e. The first-order valence-electron chi connectivity index (χ1n) is 3.60.